The molecule has 3 heteroatoms. The molecule has 80 valence electrons. The summed E-state index contributed by atoms with van der Waals surface area (Å²) in [6.45, 7) is 3.61. The summed E-state index contributed by atoms with van der Waals surface area (Å²) < 4.78 is 0. The highest BCUT2D eigenvalue weighted by atomic mass is 33.1. The standard InChI is InChI=1S/C10H21N.H2S2/c1-3-4-7-10-8-5-6-9-11(10)2;1-2/h10H,3-9H2,1-2H3;1-2H. The molecule has 1 saturated heterocycles. The summed E-state index contributed by atoms with van der Waals surface area (Å²) in [6.07, 6.45) is 8.50. The van der Waals surface area contributed by atoms with Crippen molar-refractivity contribution >= 4 is 23.3 Å². The Morgan fingerprint density at radius 2 is 2.00 bits per heavy atom. The number of nitrogens with zero attached hydrogens (tertiary/aromatic N) is 1. The van der Waals surface area contributed by atoms with Gasteiger partial charge in [-0.05, 0) is 32.9 Å². The summed E-state index contributed by atoms with van der Waals surface area (Å²) in [5.41, 5.74) is 0. The van der Waals surface area contributed by atoms with Gasteiger partial charge in [0.15, 0.2) is 0 Å². The van der Waals surface area contributed by atoms with E-state index < -0.39 is 0 Å². The molecule has 1 nitrogen and oxygen atoms in total. The van der Waals surface area contributed by atoms with Gasteiger partial charge in [0.25, 0.3) is 0 Å². The second kappa shape index (κ2) is 9.22. The predicted molar refractivity (Wildman–Crippen MR) is 67.8 cm³/mol. The Labute approximate surface area is 93.5 Å². The second-order valence-electron chi connectivity index (χ2n) is 3.77. The molecule has 1 fully saturated rings. The average Bonchev–Trinajstić information content (AvgIpc) is 2.20. The van der Waals surface area contributed by atoms with E-state index in [2.05, 4.69) is 42.2 Å². The highest BCUT2D eigenvalue weighted by Crippen LogP contribution is 2.19. The number of likely N-dealkylation sites (tertiary alicyclic amines) is 1. The van der Waals surface area contributed by atoms with Gasteiger partial charge >= 0.3 is 0 Å². The fourth-order valence-corrected chi connectivity index (χ4v) is 1.95. The fraction of sp³-hybridized carbons (Fsp3) is 1.00. The third-order valence-electron chi connectivity index (χ3n) is 2.81. The van der Waals surface area contributed by atoms with Crippen LogP contribution in [0.3, 0.4) is 0 Å². The first-order valence-corrected chi connectivity index (χ1v) is 6.85. The Morgan fingerprint density at radius 1 is 1.31 bits per heavy atom. The van der Waals surface area contributed by atoms with Crippen LogP contribution in [-0.2, 0) is 0 Å². The minimum absolute atomic E-state index is 0.906. The summed E-state index contributed by atoms with van der Waals surface area (Å²) in [7, 11) is 2.28. The second-order valence-corrected chi connectivity index (χ2v) is 3.77. The highest BCUT2D eigenvalue weighted by Gasteiger charge is 2.17. The maximum Gasteiger partial charge on any atom is 0.00922 e. The van der Waals surface area contributed by atoms with E-state index in [1.807, 2.05) is 0 Å². The lowest BCUT2D eigenvalue weighted by atomic mass is 9.98. The van der Waals surface area contributed by atoms with Gasteiger partial charge in [0.2, 0.25) is 0 Å². The molecule has 0 saturated carbocycles. The Balaban J connectivity index is 0.000000671. The van der Waals surface area contributed by atoms with Crippen molar-refractivity contribution in [1.82, 2.24) is 4.90 Å². The van der Waals surface area contributed by atoms with Gasteiger partial charge < -0.3 is 4.90 Å². The SMILES string of the molecule is CCCCC1CCCCN1C.SS. The van der Waals surface area contributed by atoms with Crippen molar-refractivity contribution in [2.75, 3.05) is 13.6 Å². The lowest BCUT2D eigenvalue weighted by Crippen LogP contribution is -2.35. The van der Waals surface area contributed by atoms with Gasteiger partial charge in [0.05, 0.1) is 0 Å². The van der Waals surface area contributed by atoms with Crippen molar-refractivity contribution in [3.8, 4) is 0 Å². The molecule has 1 unspecified atom stereocenters. The highest BCUT2D eigenvalue weighted by molar-refractivity contribution is 8.59. The van der Waals surface area contributed by atoms with Gasteiger partial charge in [0.1, 0.15) is 0 Å². The van der Waals surface area contributed by atoms with E-state index in [0.29, 0.717) is 0 Å². The minimum atomic E-state index is 0.906. The van der Waals surface area contributed by atoms with E-state index >= 15 is 0 Å². The van der Waals surface area contributed by atoms with E-state index in [0.717, 1.165) is 6.04 Å². The van der Waals surface area contributed by atoms with Gasteiger partial charge in [-0.1, -0.05) is 26.2 Å². The zero-order chi connectivity index (χ0) is 10.1. The number of piperidine rings is 1. The number of hydrogen-bond donors (Lipinski definition) is 2. The summed E-state index contributed by atoms with van der Waals surface area (Å²) in [5, 5.41) is 0. The van der Waals surface area contributed by atoms with Crippen LogP contribution in [0, 0.1) is 0 Å². The van der Waals surface area contributed by atoms with E-state index in [4.69, 9.17) is 0 Å². The van der Waals surface area contributed by atoms with Gasteiger partial charge in [-0.2, -0.15) is 0 Å². The quantitative estimate of drug-likeness (QED) is 0.545. The first-order chi connectivity index (χ1) is 6.34. The van der Waals surface area contributed by atoms with Crippen LogP contribution < -0.4 is 0 Å². The molecular weight excluding hydrogens is 198 g/mol. The molecule has 1 rings (SSSR count). The zero-order valence-corrected chi connectivity index (χ0v) is 10.7. The minimum Gasteiger partial charge on any atom is -0.303 e. The van der Waals surface area contributed by atoms with Crippen LogP contribution in [0.25, 0.3) is 0 Å². The molecule has 1 heterocycles. The molecule has 0 aliphatic carbocycles. The molecule has 0 N–H and O–H groups in total. The summed E-state index contributed by atoms with van der Waals surface area (Å²) in [5.74, 6) is 0. The van der Waals surface area contributed by atoms with Gasteiger partial charge in [-0.3, -0.25) is 0 Å². The molecule has 1 aliphatic heterocycles. The van der Waals surface area contributed by atoms with Crippen LogP contribution in [0.4, 0.5) is 0 Å². The van der Waals surface area contributed by atoms with Gasteiger partial charge in [-0.15, -0.1) is 23.3 Å². The Hall–Kier alpha value is 0.660. The van der Waals surface area contributed by atoms with Crippen molar-refractivity contribution in [2.24, 2.45) is 0 Å². The molecule has 0 spiro atoms. The molecule has 0 aromatic rings. The van der Waals surface area contributed by atoms with Crippen molar-refractivity contribution in [2.45, 2.75) is 51.5 Å². The molecule has 0 aromatic heterocycles. The van der Waals surface area contributed by atoms with Crippen molar-refractivity contribution in [3.05, 3.63) is 0 Å². The monoisotopic (exact) mass is 221 g/mol. The van der Waals surface area contributed by atoms with Gasteiger partial charge in [0, 0.05) is 6.04 Å². The topological polar surface area (TPSA) is 3.24 Å². The number of rotatable bonds is 3. The molecule has 0 aromatic carbocycles. The Bertz CT molecular complexity index is 109. The molecule has 0 radical (unpaired) electrons. The Kier molecular flexibility index (Phi) is 9.69. The number of thiol groups is 2. The van der Waals surface area contributed by atoms with Gasteiger partial charge in [-0.25, -0.2) is 0 Å². The van der Waals surface area contributed by atoms with E-state index in [9.17, 15) is 0 Å². The molecule has 1 aliphatic rings. The van der Waals surface area contributed by atoms with Crippen molar-refractivity contribution < 1.29 is 0 Å². The largest absolute Gasteiger partial charge is 0.303 e. The maximum atomic E-state index is 3.22. The Morgan fingerprint density at radius 3 is 2.54 bits per heavy atom. The van der Waals surface area contributed by atoms with E-state index in [-0.39, 0.29) is 0 Å². The summed E-state index contributed by atoms with van der Waals surface area (Å²) >= 11 is 6.44. The van der Waals surface area contributed by atoms with Crippen LogP contribution in [0.1, 0.15) is 45.4 Å². The summed E-state index contributed by atoms with van der Waals surface area (Å²) in [6, 6.07) is 0.906. The number of hydrogen-bond acceptors (Lipinski definition) is 3. The third-order valence-corrected chi connectivity index (χ3v) is 2.81. The van der Waals surface area contributed by atoms with Crippen LogP contribution in [0.2, 0.25) is 0 Å². The molecule has 1 atom stereocenters. The van der Waals surface area contributed by atoms with E-state index in [1.165, 1.54) is 45.1 Å². The number of unbranched alkanes of at least 4 members (excludes halogenated alkanes) is 1. The third kappa shape index (κ3) is 5.87. The first-order valence-electron chi connectivity index (χ1n) is 5.25. The summed E-state index contributed by atoms with van der Waals surface area (Å²) in [4.78, 5) is 2.54. The smallest absolute Gasteiger partial charge is 0.00922 e. The maximum absolute atomic E-state index is 3.22. The van der Waals surface area contributed by atoms with Crippen LogP contribution >= 0.6 is 23.3 Å². The average molecular weight is 221 g/mol. The van der Waals surface area contributed by atoms with Crippen LogP contribution in [0.15, 0.2) is 0 Å². The van der Waals surface area contributed by atoms with Crippen molar-refractivity contribution in [3.63, 3.8) is 0 Å². The normalized spacial score (nSPS) is 23.5. The molecule has 0 amide bonds. The van der Waals surface area contributed by atoms with Crippen LogP contribution in [0.5, 0.6) is 0 Å². The molecular formula is C10H23NS2. The lowest BCUT2D eigenvalue weighted by molar-refractivity contribution is 0.173. The van der Waals surface area contributed by atoms with E-state index in [1.54, 1.807) is 0 Å². The first kappa shape index (κ1) is 13.7. The molecule has 0 bridgehead atoms. The zero-order valence-electron chi connectivity index (χ0n) is 8.87. The fourth-order valence-electron chi connectivity index (χ4n) is 1.95. The molecule has 13 heavy (non-hydrogen) atoms. The predicted octanol–water partition coefficient (Wildman–Crippen LogP) is 3.42. The lowest BCUT2D eigenvalue weighted by Gasteiger charge is -2.32. The van der Waals surface area contributed by atoms with Crippen molar-refractivity contribution in [1.29, 1.82) is 0 Å². The van der Waals surface area contributed by atoms with Crippen LogP contribution in [-0.4, -0.2) is 24.5 Å².